The zero-order valence-corrected chi connectivity index (χ0v) is 15.5. The summed E-state index contributed by atoms with van der Waals surface area (Å²) in [4.78, 5) is 0. The summed E-state index contributed by atoms with van der Waals surface area (Å²) in [5, 5.41) is 0.0616. The van der Waals surface area contributed by atoms with Crippen molar-refractivity contribution < 1.29 is 17.6 Å². The van der Waals surface area contributed by atoms with Gasteiger partial charge < -0.3 is 4.43 Å². The molecule has 0 spiro atoms. The predicted octanol–water partition coefficient (Wildman–Crippen LogP) is 6.42. The highest BCUT2D eigenvalue weighted by Gasteiger charge is 2.40. The fraction of sp³-hybridized carbons (Fsp3) is 0.647. The average Bonchev–Trinajstić information content (AvgIpc) is 2.33. The van der Waals surface area contributed by atoms with Gasteiger partial charge in [0.05, 0.1) is 11.7 Å². The molecule has 22 heavy (non-hydrogen) atoms. The van der Waals surface area contributed by atoms with Crippen molar-refractivity contribution in [3.05, 3.63) is 35.4 Å². The molecular weight excluding hydrogens is 305 g/mol. The van der Waals surface area contributed by atoms with E-state index in [9.17, 15) is 13.2 Å². The van der Waals surface area contributed by atoms with Crippen molar-refractivity contribution in [2.75, 3.05) is 0 Å². The molecule has 0 radical (unpaired) electrons. The molecule has 0 N–H and O–H groups in total. The molecule has 0 heterocycles. The van der Waals surface area contributed by atoms with Gasteiger partial charge in [-0.3, -0.25) is 0 Å². The Morgan fingerprint density at radius 2 is 1.41 bits per heavy atom. The van der Waals surface area contributed by atoms with E-state index in [2.05, 4.69) is 33.9 Å². The van der Waals surface area contributed by atoms with Crippen molar-refractivity contribution in [1.29, 1.82) is 0 Å². The van der Waals surface area contributed by atoms with E-state index in [1.165, 1.54) is 0 Å². The Kier molecular flexibility index (Phi) is 5.56. The largest absolute Gasteiger partial charge is 0.416 e. The Balaban J connectivity index is 3.07. The number of rotatable bonds is 4. The molecule has 0 aliphatic carbocycles. The fourth-order valence-corrected chi connectivity index (χ4v) is 3.34. The van der Waals surface area contributed by atoms with E-state index >= 15 is 0 Å². The summed E-state index contributed by atoms with van der Waals surface area (Å²) in [6, 6.07) is 5.36. The number of halogens is 3. The minimum atomic E-state index is -4.30. The normalized spacial score (nSPS) is 15.2. The van der Waals surface area contributed by atoms with Crippen LogP contribution in [0.2, 0.25) is 18.1 Å². The van der Waals surface area contributed by atoms with Crippen molar-refractivity contribution in [3.8, 4) is 0 Å². The summed E-state index contributed by atoms with van der Waals surface area (Å²) in [7, 11) is -1.99. The minimum Gasteiger partial charge on any atom is -0.410 e. The van der Waals surface area contributed by atoms with Crippen LogP contribution >= 0.6 is 0 Å². The second-order valence-corrected chi connectivity index (χ2v) is 12.4. The zero-order chi connectivity index (χ0) is 17.3. The van der Waals surface area contributed by atoms with Crippen LogP contribution in [0, 0.1) is 5.92 Å². The van der Waals surface area contributed by atoms with E-state index < -0.39 is 20.1 Å². The van der Waals surface area contributed by atoms with Crippen molar-refractivity contribution in [2.24, 2.45) is 5.92 Å². The Bertz CT molecular complexity index is 484. The van der Waals surface area contributed by atoms with E-state index in [0.29, 0.717) is 0 Å². The van der Waals surface area contributed by atoms with Crippen LogP contribution in [0.1, 0.15) is 51.8 Å². The highest BCUT2D eigenvalue weighted by molar-refractivity contribution is 6.74. The van der Waals surface area contributed by atoms with Crippen LogP contribution in [0.5, 0.6) is 0 Å². The van der Waals surface area contributed by atoms with Crippen LogP contribution in [0.15, 0.2) is 24.3 Å². The molecule has 0 aromatic heterocycles. The first-order chi connectivity index (χ1) is 9.75. The first-order valence-electron chi connectivity index (χ1n) is 7.60. The maximum absolute atomic E-state index is 12.7. The third-order valence-corrected chi connectivity index (χ3v) is 8.86. The third kappa shape index (κ3) is 4.59. The lowest BCUT2D eigenvalue weighted by Gasteiger charge is -2.40. The summed E-state index contributed by atoms with van der Waals surface area (Å²) in [5.74, 6) is 0.200. The lowest BCUT2D eigenvalue weighted by atomic mass is 9.98. The number of benzene rings is 1. The van der Waals surface area contributed by atoms with Gasteiger partial charge in [0, 0.05) is 0 Å². The van der Waals surface area contributed by atoms with Gasteiger partial charge in [-0.1, -0.05) is 46.8 Å². The molecule has 1 rings (SSSR count). The molecule has 126 valence electrons. The highest BCUT2D eigenvalue weighted by atomic mass is 28.4. The molecule has 1 aromatic rings. The first-order valence-corrected chi connectivity index (χ1v) is 10.5. The lowest BCUT2D eigenvalue weighted by Crippen LogP contribution is -2.42. The zero-order valence-electron chi connectivity index (χ0n) is 14.5. The van der Waals surface area contributed by atoms with Crippen molar-refractivity contribution in [1.82, 2.24) is 0 Å². The molecule has 5 heteroatoms. The van der Waals surface area contributed by atoms with Gasteiger partial charge in [-0.15, -0.1) is 0 Å². The van der Waals surface area contributed by atoms with Gasteiger partial charge in [0.1, 0.15) is 0 Å². The summed E-state index contributed by atoms with van der Waals surface area (Å²) >= 11 is 0. The summed E-state index contributed by atoms with van der Waals surface area (Å²) in [5.41, 5.74) is 0.193. The molecule has 1 atom stereocenters. The Morgan fingerprint density at radius 3 is 1.73 bits per heavy atom. The van der Waals surface area contributed by atoms with E-state index in [0.717, 1.165) is 17.7 Å². The van der Waals surface area contributed by atoms with Crippen molar-refractivity contribution in [2.45, 2.75) is 65.0 Å². The van der Waals surface area contributed by atoms with Crippen LogP contribution in [0.4, 0.5) is 13.2 Å². The Hall–Kier alpha value is -0.813. The molecule has 0 bridgehead atoms. The van der Waals surface area contributed by atoms with Crippen LogP contribution in [0.3, 0.4) is 0 Å². The predicted molar refractivity (Wildman–Crippen MR) is 87.3 cm³/mol. The van der Waals surface area contributed by atoms with Crippen LogP contribution in [0.25, 0.3) is 0 Å². The van der Waals surface area contributed by atoms with Gasteiger partial charge in [0.2, 0.25) is 0 Å². The molecule has 0 saturated heterocycles. The number of alkyl halides is 3. The molecular formula is C17H27F3OSi. The third-order valence-electron chi connectivity index (χ3n) is 4.40. The number of hydrogen-bond acceptors (Lipinski definition) is 1. The molecule has 0 fully saturated rings. The van der Waals surface area contributed by atoms with Crippen LogP contribution in [-0.2, 0) is 10.6 Å². The molecule has 0 unspecified atom stereocenters. The average molecular weight is 332 g/mol. The Labute approximate surface area is 133 Å². The monoisotopic (exact) mass is 332 g/mol. The second-order valence-electron chi connectivity index (χ2n) is 7.66. The maximum Gasteiger partial charge on any atom is 0.416 e. The standard InChI is InChI=1S/C17H27F3OSi/c1-12(2)15(21-22(6,7)16(3,4)5)13-8-10-14(11-9-13)17(18,19)20/h8-12,15H,1-7H3/t15-/m1/s1. The van der Waals surface area contributed by atoms with E-state index in [1.807, 2.05) is 13.8 Å². The van der Waals surface area contributed by atoms with Gasteiger partial charge in [-0.25, -0.2) is 0 Å². The van der Waals surface area contributed by atoms with Gasteiger partial charge in [-0.2, -0.15) is 13.2 Å². The van der Waals surface area contributed by atoms with Gasteiger partial charge in [0.15, 0.2) is 8.32 Å². The Morgan fingerprint density at radius 1 is 0.955 bits per heavy atom. The molecule has 0 saturated carbocycles. The second kappa shape index (κ2) is 6.36. The van der Waals surface area contributed by atoms with E-state index in [1.54, 1.807) is 12.1 Å². The summed E-state index contributed by atoms with van der Waals surface area (Å²) in [6.07, 6.45) is -4.48. The van der Waals surface area contributed by atoms with Gasteiger partial charge in [0.25, 0.3) is 0 Å². The van der Waals surface area contributed by atoms with Gasteiger partial charge in [-0.05, 0) is 41.7 Å². The molecule has 1 nitrogen and oxygen atoms in total. The summed E-state index contributed by atoms with van der Waals surface area (Å²) in [6.45, 7) is 14.9. The lowest BCUT2D eigenvalue weighted by molar-refractivity contribution is -0.137. The SMILES string of the molecule is CC(C)[C@@H](O[Si](C)(C)C(C)(C)C)c1ccc(C(F)(F)F)cc1. The van der Waals surface area contributed by atoms with Crippen molar-refractivity contribution >= 4 is 8.32 Å². The highest BCUT2D eigenvalue weighted by Crippen LogP contribution is 2.42. The fourth-order valence-electron chi connectivity index (χ4n) is 1.94. The minimum absolute atomic E-state index is 0.0616. The van der Waals surface area contributed by atoms with E-state index in [-0.39, 0.29) is 17.1 Å². The van der Waals surface area contributed by atoms with Crippen molar-refractivity contribution in [3.63, 3.8) is 0 Å². The van der Waals surface area contributed by atoms with Crippen LogP contribution < -0.4 is 0 Å². The molecule has 0 aliphatic rings. The van der Waals surface area contributed by atoms with E-state index in [4.69, 9.17) is 4.43 Å². The smallest absolute Gasteiger partial charge is 0.410 e. The van der Waals surface area contributed by atoms with Gasteiger partial charge >= 0.3 is 6.18 Å². The molecule has 0 aliphatic heterocycles. The first kappa shape index (κ1) is 19.2. The quantitative estimate of drug-likeness (QED) is 0.578. The maximum atomic E-state index is 12.7. The molecule has 1 aromatic carbocycles. The topological polar surface area (TPSA) is 9.23 Å². The summed E-state index contributed by atoms with van der Waals surface area (Å²) < 4.78 is 44.5. The van der Waals surface area contributed by atoms with Crippen LogP contribution in [-0.4, -0.2) is 8.32 Å². The molecule has 0 amide bonds. The number of hydrogen-bond donors (Lipinski definition) is 0.